The molecule has 7 heteroatoms. The Balaban J connectivity index is 0.000000343. The van der Waals surface area contributed by atoms with E-state index in [0.717, 1.165) is 39.1 Å². The maximum atomic E-state index is 12.4. The second-order valence-electron chi connectivity index (χ2n) is 7.55. The highest BCUT2D eigenvalue weighted by molar-refractivity contribution is 6.32. The Kier molecular flexibility index (Phi) is 7.95. The molecule has 4 rings (SSSR count). The van der Waals surface area contributed by atoms with Crippen LogP contribution in [0, 0.1) is 6.92 Å². The summed E-state index contributed by atoms with van der Waals surface area (Å²) in [7, 11) is 1.73. The van der Waals surface area contributed by atoms with Crippen LogP contribution in [0.2, 0.25) is 5.02 Å². The molecule has 1 aromatic heterocycles. The maximum Gasteiger partial charge on any atom is 0.287 e. The van der Waals surface area contributed by atoms with Crippen LogP contribution < -0.4 is 15.8 Å². The molecule has 3 heterocycles. The fraction of sp³-hybridized carbons (Fsp3) is 0.545. The number of aryl methyl sites for hydroxylation is 1. The van der Waals surface area contributed by atoms with Crippen LogP contribution >= 0.6 is 11.6 Å². The molecular formula is C22H31ClN4O2. The lowest BCUT2D eigenvalue weighted by Crippen LogP contribution is -2.38. The van der Waals surface area contributed by atoms with Crippen molar-refractivity contribution in [3.8, 4) is 0 Å². The molecule has 2 saturated heterocycles. The molecule has 0 bridgehead atoms. The van der Waals surface area contributed by atoms with Crippen molar-refractivity contribution in [2.45, 2.75) is 45.1 Å². The summed E-state index contributed by atoms with van der Waals surface area (Å²) in [5.41, 5.74) is 2.91. The zero-order chi connectivity index (χ0) is 20.6. The minimum absolute atomic E-state index is 0.103. The van der Waals surface area contributed by atoms with Gasteiger partial charge in [0.25, 0.3) is 5.56 Å². The number of benzene rings is 1. The number of anilines is 2. The van der Waals surface area contributed by atoms with Crippen molar-refractivity contribution < 1.29 is 4.74 Å². The van der Waals surface area contributed by atoms with E-state index in [1.165, 1.54) is 30.5 Å². The number of halogens is 1. The number of hydrogen-bond acceptors (Lipinski definition) is 5. The third-order valence-corrected chi connectivity index (χ3v) is 5.92. The lowest BCUT2D eigenvalue weighted by Gasteiger charge is -2.34. The van der Waals surface area contributed by atoms with Crippen molar-refractivity contribution >= 4 is 23.0 Å². The highest BCUT2D eigenvalue weighted by Gasteiger charge is 2.24. The first-order chi connectivity index (χ1) is 14.1. The number of rotatable bonds is 3. The third kappa shape index (κ3) is 5.52. The van der Waals surface area contributed by atoms with Crippen LogP contribution in [0.5, 0.6) is 0 Å². The molecule has 2 aliphatic rings. The summed E-state index contributed by atoms with van der Waals surface area (Å²) in [6.45, 7) is 5.95. The van der Waals surface area contributed by atoms with Crippen LogP contribution in [0.25, 0.3) is 0 Å². The van der Waals surface area contributed by atoms with Crippen LogP contribution in [0.1, 0.15) is 43.7 Å². The summed E-state index contributed by atoms with van der Waals surface area (Å²) in [6.07, 6.45) is 7.32. The Bertz CT molecular complexity index is 831. The van der Waals surface area contributed by atoms with Crippen molar-refractivity contribution in [2.75, 3.05) is 43.6 Å². The molecule has 0 aliphatic carbocycles. The lowest BCUT2D eigenvalue weighted by atomic mass is 10.0. The summed E-state index contributed by atoms with van der Waals surface area (Å²) in [5.74, 6) is 0. The van der Waals surface area contributed by atoms with E-state index in [1.54, 1.807) is 17.9 Å². The van der Waals surface area contributed by atoms with E-state index in [0.29, 0.717) is 5.69 Å². The third-order valence-electron chi connectivity index (χ3n) is 5.56. The van der Waals surface area contributed by atoms with E-state index in [9.17, 15) is 4.79 Å². The lowest BCUT2D eigenvalue weighted by molar-refractivity contribution is 0.0968. The van der Waals surface area contributed by atoms with Crippen molar-refractivity contribution in [1.29, 1.82) is 0 Å². The van der Waals surface area contributed by atoms with Crippen molar-refractivity contribution in [2.24, 2.45) is 0 Å². The monoisotopic (exact) mass is 418 g/mol. The molecule has 0 atom stereocenters. The van der Waals surface area contributed by atoms with Gasteiger partial charge in [0.15, 0.2) is 0 Å². The summed E-state index contributed by atoms with van der Waals surface area (Å²) < 4.78 is 6.61. The van der Waals surface area contributed by atoms with Gasteiger partial charge >= 0.3 is 0 Å². The molecule has 6 nitrogen and oxygen atoms in total. The first kappa shape index (κ1) is 21.7. The number of aromatic nitrogens is 2. The van der Waals surface area contributed by atoms with Crippen LogP contribution in [0.4, 0.5) is 11.4 Å². The molecular weight excluding hydrogens is 388 g/mol. The first-order valence-corrected chi connectivity index (χ1v) is 10.8. The number of nitrogens with one attached hydrogen (secondary N) is 1. The van der Waals surface area contributed by atoms with E-state index in [-0.39, 0.29) is 16.6 Å². The van der Waals surface area contributed by atoms with Gasteiger partial charge in [-0.1, -0.05) is 29.8 Å². The van der Waals surface area contributed by atoms with Crippen LogP contribution in [-0.2, 0) is 4.74 Å². The fourth-order valence-electron chi connectivity index (χ4n) is 3.84. The highest BCUT2D eigenvalue weighted by Crippen LogP contribution is 2.28. The Morgan fingerprint density at radius 2 is 1.83 bits per heavy atom. The van der Waals surface area contributed by atoms with Gasteiger partial charge in [0.2, 0.25) is 0 Å². The zero-order valence-corrected chi connectivity index (χ0v) is 18.1. The van der Waals surface area contributed by atoms with E-state index in [4.69, 9.17) is 16.3 Å². The van der Waals surface area contributed by atoms with Gasteiger partial charge in [-0.25, -0.2) is 4.68 Å². The van der Waals surface area contributed by atoms with Crippen molar-refractivity contribution in [3.63, 3.8) is 0 Å². The van der Waals surface area contributed by atoms with E-state index in [2.05, 4.69) is 46.5 Å². The Morgan fingerprint density at radius 3 is 2.38 bits per heavy atom. The summed E-state index contributed by atoms with van der Waals surface area (Å²) in [6, 6.07) is 8.51. The molecule has 2 aliphatic heterocycles. The van der Waals surface area contributed by atoms with Crippen LogP contribution in [0.15, 0.2) is 35.3 Å². The van der Waals surface area contributed by atoms with E-state index >= 15 is 0 Å². The maximum absolute atomic E-state index is 12.4. The van der Waals surface area contributed by atoms with Crippen molar-refractivity contribution in [1.82, 2.24) is 9.78 Å². The molecule has 29 heavy (non-hydrogen) atoms. The smallest absolute Gasteiger partial charge is 0.287 e. The average molecular weight is 419 g/mol. The fourth-order valence-corrected chi connectivity index (χ4v) is 4.07. The highest BCUT2D eigenvalue weighted by atomic mass is 35.5. The summed E-state index contributed by atoms with van der Waals surface area (Å²) in [5, 5.41) is 7.38. The second kappa shape index (κ2) is 10.6. The Hall–Kier alpha value is -2.05. The molecule has 2 aromatic rings. The largest absolute Gasteiger partial charge is 0.385 e. The quantitative estimate of drug-likeness (QED) is 0.806. The number of piperidine rings is 1. The van der Waals surface area contributed by atoms with E-state index < -0.39 is 0 Å². The summed E-state index contributed by atoms with van der Waals surface area (Å²) >= 11 is 6.12. The van der Waals surface area contributed by atoms with Gasteiger partial charge in [0.05, 0.1) is 17.9 Å². The van der Waals surface area contributed by atoms with Gasteiger partial charge in [-0.3, -0.25) is 4.79 Å². The molecule has 2 fully saturated rings. The summed E-state index contributed by atoms with van der Waals surface area (Å²) in [4.78, 5) is 14.7. The number of hydrogen-bond donors (Lipinski definition) is 1. The minimum atomic E-state index is -0.215. The van der Waals surface area contributed by atoms with Gasteiger partial charge < -0.3 is 15.0 Å². The van der Waals surface area contributed by atoms with Crippen LogP contribution in [-0.4, -0.2) is 43.1 Å². The van der Waals surface area contributed by atoms with Gasteiger partial charge in [-0.15, -0.1) is 0 Å². The van der Waals surface area contributed by atoms with Gasteiger partial charge in [-0.05, 0) is 50.7 Å². The van der Waals surface area contributed by atoms with Crippen molar-refractivity contribution in [3.05, 3.63) is 51.4 Å². The van der Waals surface area contributed by atoms with E-state index in [1.807, 2.05) is 0 Å². The first-order valence-electron chi connectivity index (χ1n) is 10.4. The normalized spacial score (nSPS) is 17.4. The number of para-hydroxylation sites is 1. The molecule has 0 amide bonds. The average Bonchev–Trinajstić information content (AvgIpc) is 2.78. The predicted molar refractivity (Wildman–Crippen MR) is 119 cm³/mol. The SMILES string of the molecule is C1CCOCC1.CNc1cnn(C2CCN(c3ccccc3C)CC2)c(=O)c1Cl. The van der Waals surface area contributed by atoms with Gasteiger partial charge in [0.1, 0.15) is 5.02 Å². The minimum Gasteiger partial charge on any atom is -0.385 e. The Labute approximate surface area is 177 Å². The topological polar surface area (TPSA) is 59.4 Å². The molecule has 1 aromatic carbocycles. The number of nitrogens with zero attached hydrogens (tertiary/aromatic N) is 3. The van der Waals surface area contributed by atoms with Gasteiger partial charge in [-0.2, -0.15) is 5.10 Å². The molecule has 0 saturated carbocycles. The molecule has 0 radical (unpaired) electrons. The number of ether oxygens (including phenoxy) is 1. The molecule has 0 spiro atoms. The van der Waals surface area contributed by atoms with Gasteiger partial charge in [0, 0.05) is 39.0 Å². The molecule has 0 unspecified atom stereocenters. The predicted octanol–water partition coefficient (Wildman–Crippen LogP) is 4.28. The molecule has 1 N–H and O–H groups in total. The van der Waals surface area contributed by atoms with Crippen LogP contribution in [0.3, 0.4) is 0 Å². The zero-order valence-electron chi connectivity index (χ0n) is 17.4. The Morgan fingerprint density at radius 1 is 1.14 bits per heavy atom. The second-order valence-corrected chi connectivity index (χ2v) is 7.93. The standard InChI is InChI=1S/C17H21ClN4O.C5H10O/c1-12-5-3-4-6-15(12)21-9-7-13(8-10-21)22-17(23)16(18)14(19-2)11-20-22;1-2-4-6-5-3-1/h3-6,11,13,19H,7-10H2,1-2H3;1-5H2. The molecule has 158 valence electrons.